The standard InChI is InChI=1S/C15H24N2/c1-17(13-11-16-15-9-10-15)12-5-8-14-6-3-2-4-7-14/h2-4,6-7,15-16H,5,8-13H2,1H3. The molecule has 1 saturated carbocycles. The maximum atomic E-state index is 3.55. The molecule has 0 bridgehead atoms. The zero-order valence-electron chi connectivity index (χ0n) is 10.9. The third kappa shape index (κ3) is 5.33. The van der Waals surface area contributed by atoms with E-state index < -0.39 is 0 Å². The molecule has 0 saturated heterocycles. The molecule has 0 amide bonds. The van der Waals surface area contributed by atoms with Crippen LogP contribution in [-0.4, -0.2) is 37.6 Å². The SMILES string of the molecule is CN(CCCc1ccccc1)CCNC1CC1. The molecule has 0 aliphatic heterocycles. The van der Waals surface area contributed by atoms with Crippen LogP contribution in [0.15, 0.2) is 30.3 Å². The number of likely N-dealkylation sites (N-methyl/N-ethyl adjacent to an activating group) is 1. The Hall–Kier alpha value is -0.860. The number of nitrogens with zero attached hydrogens (tertiary/aromatic N) is 1. The first-order valence-corrected chi connectivity index (χ1v) is 6.80. The quantitative estimate of drug-likeness (QED) is 0.740. The maximum Gasteiger partial charge on any atom is 0.0104 e. The van der Waals surface area contributed by atoms with Crippen LogP contribution < -0.4 is 5.32 Å². The Morgan fingerprint density at radius 2 is 1.94 bits per heavy atom. The molecular weight excluding hydrogens is 208 g/mol. The fourth-order valence-corrected chi connectivity index (χ4v) is 2.06. The summed E-state index contributed by atoms with van der Waals surface area (Å²) in [6.45, 7) is 3.51. The van der Waals surface area contributed by atoms with Gasteiger partial charge in [-0.25, -0.2) is 0 Å². The third-order valence-corrected chi connectivity index (χ3v) is 3.35. The highest BCUT2D eigenvalue weighted by Crippen LogP contribution is 2.17. The highest BCUT2D eigenvalue weighted by atomic mass is 15.1. The van der Waals surface area contributed by atoms with Gasteiger partial charge in [-0.15, -0.1) is 0 Å². The molecule has 94 valence electrons. The summed E-state index contributed by atoms with van der Waals surface area (Å²) in [5.74, 6) is 0. The molecule has 1 aliphatic rings. The van der Waals surface area contributed by atoms with E-state index in [9.17, 15) is 0 Å². The zero-order chi connectivity index (χ0) is 11.9. The van der Waals surface area contributed by atoms with Gasteiger partial charge in [-0.3, -0.25) is 0 Å². The van der Waals surface area contributed by atoms with Crippen molar-refractivity contribution < 1.29 is 0 Å². The first-order valence-electron chi connectivity index (χ1n) is 6.80. The lowest BCUT2D eigenvalue weighted by Gasteiger charge is -2.16. The molecule has 0 unspecified atom stereocenters. The van der Waals surface area contributed by atoms with E-state index >= 15 is 0 Å². The van der Waals surface area contributed by atoms with Gasteiger partial charge in [0.1, 0.15) is 0 Å². The molecule has 1 aliphatic carbocycles. The van der Waals surface area contributed by atoms with Crippen LogP contribution in [0, 0.1) is 0 Å². The van der Waals surface area contributed by atoms with Crippen LogP contribution in [0.1, 0.15) is 24.8 Å². The molecule has 0 atom stereocenters. The Balaban J connectivity index is 1.51. The predicted molar refractivity (Wildman–Crippen MR) is 73.3 cm³/mol. The first-order chi connectivity index (χ1) is 8.34. The molecule has 2 heteroatoms. The number of nitrogens with one attached hydrogen (secondary N) is 1. The van der Waals surface area contributed by atoms with E-state index in [1.165, 1.54) is 44.3 Å². The second-order valence-corrected chi connectivity index (χ2v) is 5.12. The Labute approximate surface area is 105 Å². The van der Waals surface area contributed by atoms with Gasteiger partial charge in [0, 0.05) is 19.1 Å². The summed E-state index contributed by atoms with van der Waals surface area (Å²) in [7, 11) is 2.22. The summed E-state index contributed by atoms with van der Waals surface area (Å²) in [4.78, 5) is 2.43. The van der Waals surface area contributed by atoms with Crippen molar-refractivity contribution in [3.05, 3.63) is 35.9 Å². The predicted octanol–water partition coefficient (Wildman–Crippen LogP) is 2.30. The van der Waals surface area contributed by atoms with Crippen molar-refractivity contribution in [2.45, 2.75) is 31.7 Å². The van der Waals surface area contributed by atoms with Crippen molar-refractivity contribution >= 4 is 0 Å². The second kappa shape index (κ2) is 6.77. The van der Waals surface area contributed by atoms with E-state index in [0.29, 0.717) is 0 Å². The summed E-state index contributed by atoms with van der Waals surface area (Å²) in [5.41, 5.74) is 1.46. The fraction of sp³-hybridized carbons (Fsp3) is 0.600. The molecule has 0 radical (unpaired) electrons. The van der Waals surface area contributed by atoms with E-state index in [1.54, 1.807) is 0 Å². The van der Waals surface area contributed by atoms with Gasteiger partial charge in [0.25, 0.3) is 0 Å². The van der Waals surface area contributed by atoms with Gasteiger partial charge >= 0.3 is 0 Å². The van der Waals surface area contributed by atoms with Crippen molar-refractivity contribution in [3.8, 4) is 0 Å². The molecule has 1 fully saturated rings. The van der Waals surface area contributed by atoms with Gasteiger partial charge in [0.2, 0.25) is 0 Å². The summed E-state index contributed by atoms with van der Waals surface area (Å²) in [6, 6.07) is 11.6. The van der Waals surface area contributed by atoms with E-state index in [2.05, 4.69) is 47.6 Å². The van der Waals surface area contributed by atoms with Crippen LogP contribution in [0.2, 0.25) is 0 Å². The van der Waals surface area contributed by atoms with Crippen LogP contribution in [0.4, 0.5) is 0 Å². The summed E-state index contributed by atoms with van der Waals surface area (Å²) >= 11 is 0. The second-order valence-electron chi connectivity index (χ2n) is 5.12. The van der Waals surface area contributed by atoms with Gasteiger partial charge in [-0.2, -0.15) is 0 Å². The first kappa shape index (κ1) is 12.6. The van der Waals surface area contributed by atoms with Crippen molar-refractivity contribution in [3.63, 3.8) is 0 Å². The molecular formula is C15H24N2. The Morgan fingerprint density at radius 1 is 1.18 bits per heavy atom. The summed E-state index contributed by atoms with van der Waals surface area (Å²) < 4.78 is 0. The minimum Gasteiger partial charge on any atom is -0.313 e. The van der Waals surface area contributed by atoms with Crippen molar-refractivity contribution in [2.24, 2.45) is 0 Å². The van der Waals surface area contributed by atoms with Gasteiger partial charge in [0.15, 0.2) is 0 Å². The van der Waals surface area contributed by atoms with Crippen LogP contribution in [0.3, 0.4) is 0 Å². The topological polar surface area (TPSA) is 15.3 Å². The lowest BCUT2D eigenvalue weighted by Crippen LogP contribution is -2.31. The molecule has 0 spiro atoms. The molecule has 2 rings (SSSR count). The molecule has 1 N–H and O–H groups in total. The zero-order valence-corrected chi connectivity index (χ0v) is 10.9. The van der Waals surface area contributed by atoms with E-state index in [0.717, 1.165) is 12.6 Å². The van der Waals surface area contributed by atoms with Crippen LogP contribution in [0.25, 0.3) is 0 Å². The molecule has 17 heavy (non-hydrogen) atoms. The fourth-order valence-electron chi connectivity index (χ4n) is 2.06. The number of hydrogen-bond donors (Lipinski definition) is 1. The molecule has 0 heterocycles. The third-order valence-electron chi connectivity index (χ3n) is 3.35. The monoisotopic (exact) mass is 232 g/mol. The molecule has 1 aromatic rings. The number of rotatable bonds is 8. The number of hydrogen-bond acceptors (Lipinski definition) is 2. The van der Waals surface area contributed by atoms with Crippen LogP contribution in [-0.2, 0) is 6.42 Å². The van der Waals surface area contributed by atoms with Gasteiger partial charge in [0.05, 0.1) is 0 Å². The van der Waals surface area contributed by atoms with E-state index in [4.69, 9.17) is 0 Å². The normalized spacial score (nSPS) is 15.4. The molecule has 1 aromatic carbocycles. The van der Waals surface area contributed by atoms with Crippen LogP contribution in [0.5, 0.6) is 0 Å². The lowest BCUT2D eigenvalue weighted by molar-refractivity contribution is 0.326. The van der Waals surface area contributed by atoms with Crippen molar-refractivity contribution in [2.75, 3.05) is 26.7 Å². The molecule has 2 nitrogen and oxygen atoms in total. The highest BCUT2D eigenvalue weighted by molar-refractivity contribution is 5.14. The van der Waals surface area contributed by atoms with E-state index in [1.807, 2.05) is 0 Å². The number of benzene rings is 1. The lowest BCUT2D eigenvalue weighted by atomic mass is 10.1. The van der Waals surface area contributed by atoms with Crippen LogP contribution >= 0.6 is 0 Å². The smallest absolute Gasteiger partial charge is 0.0104 e. The molecule has 0 aromatic heterocycles. The maximum absolute atomic E-state index is 3.55. The minimum absolute atomic E-state index is 0.840. The van der Waals surface area contributed by atoms with Gasteiger partial charge in [-0.1, -0.05) is 30.3 Å². The highest BCUT2D eigenvalue weighted by Gasteiger charge is 2.19. The van der Waals surface area contributed by atoms with Gasteiger partial charge < -0.3 is 10.2 Å². The largest absolute Gasteiger partial charge is 0.313 e. The number of aryl methyl sites for hydroxylation is 1. The van der Waals surface area contributed by atoms with Crippen molar-refractivity contribution in [1.29, 1.82) is 0 Å². The Kier molecular flexibility index (Phi) is 5.02. The summed E-state index contributed by atoms with van der Waals surface area (Å²) in [6.07, 6.45) is 5.22. The van der Waals surface area contributed by atoms with E-state index in [-0.39, 0.29) is 0 Å². The Bertz CT molecular complexity index is 306. The minimum atomic E-state index is 0.840. The average molecular weight is 232 g/mol. The van der Waals surface area contributed by atoms with Gasteiger partial charge in [-0.05, 0) is 44.8 Å². The Morgan fingerprint density at radius 3 is 2.65 bits per heavy atom. The average Bonchev–Trinajstić information content (AvgIpc) is 3.14. The summed E-state index contributed by atoms with van der Waals surface area (Å²) in [5, 5.41) is 3.55. The van der Waals surface area contributed by atoms with Crippen molar-refractivity contribution in [1.82, 2.24) is 10.2 Å².